The molecule has 182 valence electrons. The molecule has 2 fully saturated rings. The van der Waals surface area contributed by atoms with Crippen LogP contribution in [0.3, 0.4) is 0 Å². The van der Waals surface area contributed by atoms with Gasteiger partial charge in [-0.2, -0.15) is 0 Å². The highest BCUT2D eigenvalue weighted by Gasteiger charge is 2.22. The second-order valence-corrected chi connectivity index (χ2v) is 9.34. The number of nitro groups is 2. The van der Waals surface area contributed by atoms with Crippen LogP contribution in [0, 0.1) is 20.2 Å². The molecule has 0 aliphatic heterocycles. The average Bonchev–Trinajstić information content (AvgIpc) is 2.87. The minimum Gasteiger partial charge on any atom is -0.373 e. The van der Waals surface area contributed by atoms with Crippen molar-refractivity contribution >= 4 is 11.4 Å². The summed E-state index contributed by atoms with van der Waals surface area (Å²) in [5.74, 6) is 0. The first-order chi connectivity index (χ1) is 16.5. The lowest BCUT2D eigenvalue weighted by atomic mass is 9.97. The molecule has 8 nitrogen and oxygen atoms in total. The van der Waals surface area contributed by atoms with E-state index in [0.717, 1.165) is 51.4 Å². The molecule has 34 heavy (non-hydrogen) atoms. The van der Waals surface area contributed by atoms with Gasteiger partial charge in [-0.3, -0.25) is 20.2 Å². The van der Waals surface area contributed by atoms with Gasteiger partial charge in [0.1, 0.15) is 0 Å². The minimum absolute atomic E-state index is 0.0272. The van der Waals surface area contributed by atoms with E-state index in [9.17, 15) is 20.2 Å². The zero-order valence-corrected chi connectivity index (χ0v) is 19.4. The Labute approximate surface area is 199 Å². The molecule has 0 unspecified atom stereocenters. The third kappa shape index (κ3) is 6.18. The third-order valence-electron chi connectivity index (χ3n) is 6.95. The normalized spacial score (nSPS) is 17.5. The fourth-order valence-electron chi connectivity index (χ4n) is 4.95. The summed E-state index contributed by atoms with van der Waals surface area (Å²) in [6.07, 6.45) is 11.2. The summed E-state index contributed by atoms with van der Waals surface area (Å²) >= 11 is 0. The lowest BCUT2D eigenvalue weighted by molar-refractivity contribution is -0.386. The maximum Gasteiger partial charge on any atom is 0.275 e. The SMILES string of the molecule is O=[N+]([O-])c1cc(-c2ccc(COC3CCCCC3)c([N+](=O)[O-])c2)ccc1COC1CCCCC1. The average molecular weight is 469 g/mol. The van der Waals surface area contributed by atoms with Crippen LogP contribution in [-0.2, 0) is 22.7 Å². The molecular formula is C26H32N2O6. The van der Waals surface area contributed by atoms with Crippen molar-refractivity contribution < 1.29 is 19.3 Å². The molecule has 4 rings (SSSR count). The van der Waals surface area contributed by atoms with Gasteiger partial charge in [-0.05, 0) is 48.9 Å². The Morgan fingerprint density at radius 1 is 0.647 bits per heavy atom. The first kappa shape index (κ1) is 24.3. The summed E-state index contributed by atoms with van der Waals surface area (Å²) < 4.78 is 11.9. The second-order valence-electron chi connectivity index (χ2n) is 9.34. The second kappa shape index (κ2) is 11.5. The number of nitrogens with zero attached hydrogens (tertiary/aromatic N) is 2. The van der Waals surface area contributed by atoms with E-state index in [1.165, 1.54) is 25.0 Å². The summed E-state index contributed by atoms with van der Waals surface area (Å²) in [6, 6.07) is 9.89. The van der Waals surface area contributed by atoms with Crippen molar-refractivity contribution in [3.8, 4) is 11.1 Å². The van der Waals surface area contributed by atoms with E-state index in [-0.39, 0.29) is 36.8 Å². The predicted molar refractivity (Wildman–Crippen MR) is 129 cm³/mol. The van der Waals surface area contributed by atoms with Crippen LogP contribution in [0.4, 0.5) is 11.4 Å². The predicted octanol–water partition coefficient (Wildman–Crippen LogP) is 6.87. The van der Waals surface area contributed by atoms with Crippen molar-refractivity contribution in [3.63, 3.8) is 0 Å². The van der Waals surface area contributed by atoms with Crippen LogP contribution in [0.5, 0.6) is 0 Å². The molecule has 2 aromatic rings. The standard InChI is InChI=1S/C26H32N2O6/c29-27(30)25-15-19(11-13-21(25)17-33-23-7-3-1-4-8-23)20-12-14-22(26(16-20)28(31)32)18-34-24-9-5-2-6-10-24/h11-16,23-24H,1-10,17-18H2. The Kier molecular flexibility index (Phi) is 8.24. The van der Waals surface area contributed by atoms with Crippen molar-refractivity contribution in [2.75, 3.05) is 0 Å². The van der Waals surface area contributed by atoms with Gasteiger partial charge in [0.05, 0.1) is 46.4 Å². The van der Waals surface area contributed by atoms with Gasteiger partial charge in [0, 0.05) is 12.1 Å². The van der Waals surface area contributed by atoms with Gasteiger partial charge < -0.3 is 9.47 Å². The van der Waals surface area contributed by atoms with E-state index >= 15 is 0 Å². The number of benzene rings is 2. The molecule has 0 radical (unpaired) electrons. The molecule has 0 saturated heterocycles. The van der Waals surface area contributed by atoms with Gasteiger partial charge in [-0.25, -0.2) is 0 Å². The Morgan fingerprint density at radius 3 is 1.38 bits per heavy atom. The zero-order chi connectivity index (χ0) is 23.9. The maximum absolute atomic E-state index is 11.7. The van der Waals surface area contributed by atoms with E-state index in [0.29, 0.717) is 22.3 Å². The molecule has 0 aromatic heterocycles. The molecule has 2 aromatic carbocycles. The van der Waals surface area contributed by atoms with E-state index in [1.807, 2.05) is 0 Å². The number of rotatable bonds is 9. The third-order valence-corrected chi connectivity index (χ3v) is 6.95. The molecular weight excluding hydrogens is 436 g/mol. The van der Waals surface area contributed by atoms with E-state index in [2.05, 4.69) is 0 Å². The van der Waals surface area contributed by atoms with Crippen LogP contribution in [-0.4, -0.2) is 22.1 Å². The molecule has 2 aliphatic rings. The van der Waals surface area contributed by atoms with Gasteiger partial charge in [0.15, 0.2) is 0 Å². The van der Waals surface area contributed by atoms with Crippen LogP contribution in [0.15, 0.2) is 36.4 Å². The molecule has 0 atom stereocenters. The number of nitro benzene ring substituents is 2. The van der Waals surface area contributed by atoms with Crippen LogP contribution in [0.1, 0.15) is 75.3 Å². The lowest BCUT2D eigenvalue weighted by Crippen LogP contribution is -2.16. The fraction of sp³-hybridized carbons (Fsp3) is 0.538. The van der Waals surface area contributed by atoms with Crippen LogP contribution < -0.4 is 0 Å². The van der Waals surface area contributed by atoms with Crippen molar-refractivity contribution in [3.05, 3.63) is 67.8 Å². The highest BCUT2D eigenvalue weighted by molar-refractivity contribution is 5.70. The Balaban J connectivity index is 1.51. The highest BCUT2D eigenvalue weighted by Crippen LogP contribution is 2.33. The lowest BCUT2D eigenvalue weighted by Gasteiger charge is -2.22. The van der Waals surface area contributed by atoms with Crippen LogP contribution in [0.2, 0.25) is 0 Å². The molecule has 0 amide bonds. The Bertz CT molecular complexity index is 931. The first-order valence-electron chi connectivity index (χ1n) is 12.3. The largest absolute Gasteiger partial charge is 0.373 e. The molecule has 0 heterocycles. The quantitative estimate of drug-likeness (QED) is 0.294. The summed E-state index contributed by atoms with van der Waals surface area (Å²) in [5, 5.41) is 23.5. The first-order valence-corrected chi connectivity index (χ1v) is 12.3. The highest BCUT2D eigenvalue weighted by atomic mass is 16.6. The minimum atomic E-state index is -0.413. The van der Waals surface area contributed by atoms with Gasteiger partial charge in [0.25, 0.3) is 11.4 Å². The molecule has 2 aliphatic carbocycles. The van der Waals surface area contributed by atoms with E-state index in [4.69, 9.17) is 9.47 Å². The Hall–Kier alpha value is -2.84. The van der Waals surface area contributed by atoms with Crippen molar-refractivity contribution in [1.82, 2.24) is 0 Å². The van der Waals surface area contributed by atoms with Gasteiger partial charge in [0.2, 0.25) is 0 Å². The molecule has 0 bridgehead atoms. The topological polar surface area (TPSA) is 105 Å². The molecule has 0 N–H and O–H groups in total. The van der Waals surface area contributed by atoms with Gasteiger partial charge >= 0.3 is 0 Å². The number of hydrogen-bond acceptors (Lipinski definition) is 6. The fourth-order valence-corrected chi connectivity index (χ4v) is 4.95. The zero-order valence-electron chi connectivity index (χ0n) is 19.4. The van der Waals surface area contributed by atoms with Crippen molar-refractivity contribution in [2.45, 2.75) is 89.6 Å². The monoisotopic (exact) mass is 468 g/mol. The summed E-state index contributed by atoms with van der Waals surface area (Å²) in [7, 11) is 0. The maximum atomic E-state index is 11.7. The smallest absolute Gasteiger partial charge is 0.275 e. The number of hydrogen-bond donors (Lipinski definition) is 0. The Morgan fingerprint density at radius 2 is 1.03 bits per heavy atom. The molecule has 0 spiro atoms. The number of ether oxygens (including phenoxy) is 2. The molecule has 8 heteroatoms. The van der Waals surface area contributed by atoms with Crippen LogP contribution >= 0.6 is 0 Å². The van der Waals surface area contributed by atoms with E-state index in [1.54, 1.807) is 24.3 Å². The van der Waals surface area contributed by atoms with Crippen molar-refractivity contribution in [1.29, 1.82) is 0 Å². The molecule has 2 saturated carbocycles. The van der Waals surface area contributed by atoms with Gasteiger partial charge in [-0.15, -0.1) is 0 Å². The van der Waals surface area contributed by atoms with E-state index < -0.39 is 9.85 Å². The summed E-state index contributed by atoms with van der Waals surface area (Å²) in [5.41, 5.74) is 2.12. The van der Waals surface area contributed by atoms with Gasteiger partial charge in [-0.1, -0.05) is 50.7 Å². The summed E-state index contributed by atoms with van der Waals surface area (Å²) in [4.78, 5) is 22.7. The van der Waals surface area contributed by atoms with Crippen molar-refractivity contribution in [2.24, 2.45) is 0 Å². The summed E-state index contributed by atoms with van der Waals surface area (Å²) in [6.45, 7) is 0.387. The van der Waals surface area contributed by atoms with Crippen LogP contribution in [0.25, 0.3) is 11.1 Å².